The first-order valence-electron chi connectivity index (χ1n) is 11.1. The number of carbonyl (C=O) groups excluding carboxylic acids is 1. The maximum Gasteiger partial charge on any atom is 0.317 e. The average molecular weight is 405 g/mol. The number of hydrogen-bond donors (Lipinski definition) is 1. The fourth-order valence-corrected chi connectivity index (χ4v) is 4.26. The molecule has 1 aromatic rings. The highest BCUT2D eigenvalue weighted by molar-refractivity contribution is 5.74. The Morgan fingerprint density at radius 2 is 1.79 bits per heavy atom. The molecule has 2 aliphatic rings. The number of methoxy groups -OCH3 is 1. The molecule has 1 unspecified atom stereocenters. The van der Waals surface area contributed by atoms with E-state index in [1.54, 1.807) is 7.11 Å². The summed E-state index contributed by atoms with van der Waals surface area (Å²) >= 11 is 0. The molecule has 162 valence electrons. The standard InChI is InChI=1S/C23H36N2O4/c1-4-28-21-11-10-18(16-22(21)27-3)17(2)24-23(26)25-14-12-20(13-15-25)29-19-8-6-5-7-9-19/h10-11,16-17,19-20H,4-9,12-15H2,1-3H3,(H,24,26). The summed E-state index contributed by atoms with van der Waals surface area (Å²) in [5.74, 6) is 1.41. The molecule has 1 saturated heterocycles. The van der Waals surface area contributed by atoms with E-state index in [-0.39, 0.29) is 12.1 Å². The third-order valence-corrected chi connectivity index (χ3v) is 5.99. The largest absolute Gasteiger partial charge is 0.493 e. The molecule has 1 aliphatic heterocycles. The van der Waals surface area contributed by atoms with Gasteiger partial charge in [-0.3, -0.25) is 0 Å². The Kier molecular flexibility index (Phi) is 8.04. The van der Waals surface area contributed by atoms with Crippen molar-refractivity contribution in [1.29, 1.82) is 0 Å². The third-order valence-electron chi connectivity index (χ3n) is 5.99. The Balaban J connectivity index is 1.47. The van der Waals surface area contributed by atoms with Gasteiger partial charge in [-0.15, -0.1) is 0 Å². The Morgan fingerprint density at radius 3 is 2.45 bits per heavy atom. The van der Waals surface area contributed by atoms with Gasteiger partial charge in [0.15, 0.2) is 11.5 Å². The smallest absolute Gasteiger partial charge is 0.317 e. The summed E-state index contributed by atoms with van der Waals surface area (Å²) < 4.78 is 17.3. The van der Waals surface area contributed by atoms with E-state index >= 15 is 0 Å². The second-order valence-electron chi connectivity index (χ2n) is 8.10. The van der Waals surface area contributed by atoms with Crippen LogP contribution in [0, 0.1) is 0 Å². The number of benzene rings is 1. The number of likely N-dealkylation sites (tertiary alicyclic amines) is 1. The lowest BCUT2D eigenvalue weighted by Gasteiger charge is -2.35. The van der Waals surface area contributed by atoms with Crippen molar-refractivity contribution in [3.8, 4) is 11.5 Å². The maximum absolute atomic E-state index is 12.7. The molecule has 3 rings (SSSR count). The van der Waals surface area contributed by atoms with Crippen molar-refractivity contribution >= 4 is 6.03 Å². The van der Waals surface area contributed by atoms with Crippen molar-refractivity contribution in [2.45, 2.75) is 77.0 Å². The number of ether oxygens (including phenoxy) is 3. The number of hydrogen-bond acceptors (Lipinski definition) is 4. The van der Waals surface area contributed by atoms with Crippen LogP contribution in [0.15, 0.2) is 18.2 Å². The Bertz CT molecular complexity index is 652. The lowest BCUT2D eigenvalue weighted by atomic mass is 9.97. The van der Waals surface area contributed by atoms with Gasteiger partial charge in [0.1, 0.15) is 0 Å². The second-order valence-corrected chi connectivity index (χ2v) is 8.10. The number of amides is 2. The molecule has 1 heterocycles. The molecular formula is C23H36N2O4. The van der Waals surface area contributed by atoms with E-state index in [1.807, 2.05) is 36.9 Å². The highest BCUT2D eigenvalue weighted by Crippen LogP contribution is 2.30. The molecule has 2 fully saturated rings. The maximum atomic E-state index is 12.7. The van der Waals surface area contributed by atoms with Crippen LogP contribution in [0.5, 0.6) is 11.5 Å². The van der Waals surface area contributed by atoms with Gasteiger partial charge in [-0.05, 0) is 57.2 Å². The molecule has 2 amide bonds. The molecule has 0 radical (unpaired) electrons. The van der Waals surface area contributed by atoms with E-state index in [0.717, 1.165) is 37.2 Å². The number of carbonyl (C=O) groups is 1. The van der Waals surface area contributed by atoms with E-state index in [0.29, 0.717) is 24.6 Å². The molecule has 1 N–H and O–H groups in total. The van der Waals surface area contributed by atoms with Gasteiger partial charge in [-0.2, -0.15) is 0 Å². The summed E-state index contributed by atoms with van der Waals surface area (Å²) in [4.78, 5) is 14.6. The zero-order valence-corrected chi connectivity index (χ0v) is 18.1. The quantitative estimate of drug-likeness (QED) is 0.717. The van der Waals surface area contributed by atoms with Gasteiger partial charge >= 0.3 is 6.03 Å². The van der Waals surface area contributed by atoms with Crippen LogP contribution < -0.4 is 14.8 Å². The molecule has 1 aromatic carbocycles. The third kappa shape index (κ3) is 6.01. The fourth-order valence-electron chi connectivity index (χ4n) is 4.26. The zero-order valence-electron chi connectivity index (χ0n) is 18.1. The van der Waals surface area contributed by atoms with E-state index in [1.165, 1.54) is 32.1 Å². The minimum atomic E-state index is -0.108. The van der Waals surface area contributed by atoms with Crippen LogP contribution in [0.25, 0.3) is 0 Å². The van der Waals surface area contributed by atoms with Crippen LogP contribution in [0.2, 0.25) is 0 Å². The number of piperidine rings is 1. The predicted molar refractivity (Wildman–Crippen MR) is 114 cm³/mol. The van der Waals surface area contributed by atoms with Gasteiger partial charge in [-0.1, -0.05) is 25.3 Å². The number of nitrogens with one attached hydrogen (secondary N) is 1. The molecule has 29 heavy (non-hydrogen) atoms. The first kappa shape index (κ1) is 21.8. The second kappa shape index (κ2) is 10.7. The van der Waals surface area contributed by atoms with Crippen molar-refractivity contribution in [2.75, 3.05) is 26.8 Å². The van der Waals surface area contributed by atoms with Gasteiger partial charge in [0, 0.05) is 13.1 Å². The average Bonchev–Trinajstić information content (AvgIpc) is 2.75. The van der Waals surface area contributed by atoms with Crippen molar-refractivity contribution in [3.63, 3.8) is 0 Å². The number of nitrogens with zero attached hydrogens (tertiary/aromatic N) is 1. The predicted octanol–water partition coefficient (Wildman–Crippen LogP) is 4.68. The summed E-state index contributed by atoms with van der Waals surface area (Å²) in [6, 6.07) is 5.68. The van der Waals surface area contributed by atoms with Crippen molar-refractivity contribution in [1.82, 2.24) is 10.2 Å². The highest BCUT2D eigenvalue weighted by atomic mass is 16.5. The molecule has 0 spiro atoms. The lowest BCUT2D eigenvalue weighted by Crippen LogP contribution is -2.47. The van der Waals surface area contributed by atoms with Crippen molar-refractivity contribution in [3.05, 3.63) is 23.8 Å². The van der Waals surface area contributed by atoms with Crippen LogP contribution >= 0.6 is 0 Å². The molecule has 0 aromatic heterocycles. The number of rotatable bonds is 7. The summed E-state index contributed by atoms with van der Waals surface area (Å²) in [5.41, 5.74) is 0.995. The van der Waals surface area contributed by atoms with Gasteiger partial charge in [0.05, 0.1) is 32.0 Å². The topological polar surface area (TPSA) is 60.0 Å². The fraction of sp³-hybridized carbons (Fsp3) is 0.696. The summed E-state index contributed by atoms with van der Waals surface area (Å²) in [6.45, 7) is 6.03. The van der Waals surface area contributed by atoms with Crippen LogP contribution in [0.4, 0.5) is 4.79 Å². The van der Waals surface area contributed by atoms with Crippen LogP contribution in [-0.2, 0) is 4.74 Å². The van der Waals surface area contributed by atoms with Gasteiger partial charge in [-0.25, -0.2) is 4.79 Å². The van der Waals surface area contributed by atoms with Gasteiger partial charge in [0.25, 0.3) is 0 Å². The first-order valence-corrected chi connectivity index (χ1v) is 11.1. The normalized spacial score (nSPS) is 19.6. The monoisotopic (exact) mass is 404 g/mol. The Hall–Kier alpha value is -1.95. The zero-order chi connectivity index (χ0) is 20.6. The molecule has 6 heteroatoms. The molecule has 1 saturated carbocycles. The Labute approximate surface area is 174 Å². The summed E-state index contributed by atoms with van der Waals surface area (Å²) in [6.07, 6.45) is 8.91. The van der Waals surface area contributed by atoms with E-state index < -0.39 is 0 Å². The molecule has 1 aliphatic carbocycles. The lowest BCUT2D eigenvalue weighted by molar-refractivity contribution is -0.0515. The molecule has 0 bridgehead atoms. The number of urea groups is 1. The molecular weight excluding hydrogens is 368 g/mol. The van der Waals surface area contributed by atoms with Gasteiger partial charge in [0.2, 0.25) is 0 Å². The van der Waals surface area contributed by atoms with Crippen molar-refractivity contribution < 1.29 is 19.0 Å². The molecule has 6 nitrogen and oxygen atoms in total. The highest BCUT2D eigenvalue weighted by Gasteiger charge is 2.27. The van der Waals surface area contributed by atoms with Crippen LogP contribution in [0.1, 0.15) is 70.4 Å². The van der Waals surface area contributed by atoms with Gasteiger partial charge < -0.3 is 24.4 Å². The Morgan fingerprint density at radius 1 is 1.10 bits per heavy atom. The van der Waals surface area contributed by atoms with Crippen molar-refractivity contribution in [2.24, 2.45) is 0 Å². The minimum Gasteiger partial charge on any atom is -0.493 e. The minimum absolute atomic E-state index is 0.0125. The van der Waals surface area contributed by atoms with E-state index in [9.17, 15) is 4.79 Å². The SMILES string of the molecule is CCOc1ccc(C(C)NC(=O)N2CCC(OC3CCCCC3)CC2)cc1OC. The van der Waals surface area contributed by atoms with Crippen LogP contribution in [0.3, 0.4) is 0 Å². The van der Waals surface area contributed by atoms with Crippen LogP contribution in [-0.4, -0.2) is 49.9 Å². The van der Waals surface area contributed by atoms with E-state index in [4.69, 9.17) is 14.2 Å². The first-order chi connectivity index (χ1) is 14.1. The summed E-state index contributed by atoms with van der Waals surface area (Å²) in [5, 5.41) is 3.11. The summed E-state index contributed by atoms with van der Waals surface area (Å²) in [7, 11) is 1.63. The molecule has 1 atom stereocenters. The van der Waals surface area contributed by atoms with E-state index in [2.05, 4.69) is 5.32 Å².